The molecular formula is C11H7F2NO2. The molecule has 0 bridgehead atoms. The molecule has 0 radical (unpaired) electrons. The highest BCUT2D eigenvalue weighted by Gasteiger charge is 2.15. The SMILES string of the molecule is O=C(O)c1cc(F)c(-n2cccc2)c(F)c1. The summed E-state index contributed by atoms with van der Waals surface area (Å²) in [6.45, 7) is 0. The molecular weight excluding hydrogens is 216 g/mol. The van der Waals surface area contributed by atoms with E-state index in [0.29, 0.717) is 0 Å². The molecule has 0 saturated heterocycles. The Morgan fingerprint density at radius 2 is 1.62 bits per heavy atom. The van der Waals surface area contributed by atoms with Crippen molar-refractivity contribution < 1.29 is 18.7 Å². The van der Waals surface area contributed by atoms with Crippen LogP contribution in [-0.2, 0) is 0 Å². The van der Waals surface area contributed by atoms with Gasteiger partial charge in [0.2, 0.25) is 0 Å². The number of aromatic carboxylic acids is 1. The smallest absolute Gasteiger partial charge is 0.335 e. The molecule has 16 heavy (non-hydrogen) atoms. The van der Waals surface area contributed by atoms with Gasteiger partial charge in [-0.25, -0.2) is 13.6 Å². The molecule has 5 heteroatoms. The van der Waals surface area contributed by atoms with Crippen LogP contribution < -0.4 is 0 Å². The number of benzene rings is 1. The maximum Gasteiger partial charge on any atom is 0.335 e. The van der Waals surface area contributed by atoms with E-state index < -0.39 is 23.2 Å². The minimum absolute atomic E-state index is 0.282. The van der Waals surface area contributed by atoms with Gasteiger partial charge in [-0.15, -0.1) is 0 Å². The molecule has 0 unspecified atom stereocenters. The second-order valence-electron chi connectivity index (χ2n) is 3.18. The van der Waals surface area contributed by atoms with Crippen LogP contribution in [0.4, 0.5) is 8.78 Å². The van der Waals surface area contributed by atoms with Gasteiger partial charge in [0.05, 0.1) is 5.56 Å². The summed E-state index contributed by atoms with van der Waals surface area (Å²) in [6, 6.07) is 4.81. The Morgan fingerprint density at radius 3 is 2.06 bits per heavy atom. The zero-order valence-corrected chi connectivity index (χ0v) is 8.02. The predicted octanol–water partition coefficient (Wildman–Crippen LogP) is 2.45. The Labute approximate surface area is 89.6 Å². The van der Waals surface area contributed by atoms with Gasteiger partial charge in [0.1, 0.15) is 5.69 Å². The Hall–Kier alpha value is -2.17. The largest absolute Gasteiger partial charge is 0.478 e. The first kappa shape index (κ1) is 10.4. The van der Waals surface area contributed by atoms with Crippen LogP contribution in [0, 0.1) is 11.6 Å². The zero-order valence-electron chi connectivity index (χ0n) is 8.02. The lowest BCUT2D eigenvalue weighted by Gasteiger charge is -2.07. The molecule has 0 saturated carbocycles. The summed E-state index contributed by atoms with van der Waals surface area (Å²) < 4.78 is 28.3. The third kappa shape index (κ3) is 1.67. The van der Waals surface area contributed by atoms with E-state index in [9.17, 15) is 13.6 Å². The van der Waals surface area contributed by atoms with Crippen molar-refractivity contribution in [2.45, 2.75) is 0 Å². The van der Waals surface area contributed by atoms with Gasteiger partial charge in [0, 0.05) is 12.4 Å². The van der Waals surface area contributed by atoms with Gasteiger partial charge in [-0.1, -0.05) is 0 Å². The number of hydrogen-bond donors (Lipinski definition) is 1. The third-order valence-corrected chi connectivity index (χ3v) is 2.13. The quantitative estimate of drug-likeness (QED) is 0.849. The average Bonchev–Trinajstić information content (AvgIpc) is 2.69. The number of halogens is 2. The second kappa shape index (κ2) is 3.77. The molecule has 0 aliphatic rings. The molecule has 3 nitrogen and oxygen atoms in total. The normalized spacial score (nSPS) is 10.4. The highest BCUT2D eigenvalue weighted by molar-refractivity contribution is 5.87. The monoisotopic (exact) mass is 223 g/mol. The van der Waals surface area contributed by atoms with Crippen LogP contribution in [0.15, 0.2) is 36.7 Å². The minimum atomic E-state index is -1.36. The van der Waals surface area contributed by atoms with Crippen LogP contribution in [0.25, 0.3) is 5.69 Å². The predicted molar refractivity (Wildman–Crippen MR) is 52.6 cm³/mol. The Bertz CT molecular complexity index is 512. The van der Waals surface area contributed by atoms with Crippen LogP contribution in [0.3, 0.4) is 0 Å². The van der Waals surface area contributed by atoms with Crippen LogP contribution in [0.1, 0.15) is 10.4 Å². The van der Waals surface area contributed by atoms with E-state index in [1.165, 1.54) is 17.0 Å². The molecule has 0 fully saturated rings. The molecule has 0 atom stereocenters. The van der Waals surface area contributed by atoms with E-state index in [1.807, 2.05) is 0 Å². The molecule has 1 aromatic heterocycles. The van der Waals surface area contributed by atoms with Crippen molar-refractivity contribution in [1.82, 2.24) is 4.57 Å². The second-order valence-corrected chi connectivity index (χ2v) is 3.18. The average molecular weight is 223 g/mol. The Morgan fingerprint density at radius 1 is 1.12 bits per heavy atom. The highest BCUT2D eigenvalue weighted by atomic mass is 19.1. The summed E-state index contributed by atoms with van der Waals surface area (Å²) in [6.07, 6.45) is 2.95. The van der Waals surface area contributed by atoms with Gasteiger partial charge >= 0.3 is 5.97 Å². The number of carboxylic acids is 1. The number of aromatic nitrogens is 1. The Balaban J connectivity index is 2.61. The Kier molecular flexibility index (Phi) is 2.44. The van der Waals surface area contributed by atoms with Crippen molar-refractivity contribution >= 4 is 5.97 Å². The van der Waals surface area contributed by atoms with E-state index in [2.05, 4.69) is 0 Å². The van der Waals surface area contributed by atoms with Crippen LogP contribution in [0.2, 0.25) is 0 Å². The zero-order chi connectivity index (χ0) is 11.7. The summed E-state index contributed by atoms with van der Waals surface area (Å²) in [4.78, 5) is 10.6. The van der Waals surface area contributed by atoms with Crippen LogP contribution in [-0.4, -0.2) is 15.6 Å². The molecule has 82 valence electrons. The summed E-state index contributed by atoms with van der Waals surface area (Å²) in [5.74, 6) is -3.18. The molecule has 2 aromatic rings. The maximum absolute atomic E-state index is 13.5. The van der Waals surface area contributed by atoms with Gasteiger partial charge in [-0.2, -0.15) is 0 Å². The standard InChI is InChI=1S/C11H7F2NO2/c12-8-5-7(11(15)16)6-9(13)10(8)14-3-1-2-4-14/h1-6H,(H,15,16). The van der Waals surface area contributed by atoms with Crippen molar-refractivity contribution in [3.8, 4) is 5.69 Å². The lowest BCUT2D eigenvalue weighted by atomic mass is 10.2. The summed E-state index contributed by atoms with van der Waals surface area (Å²) in [5, 5.41) is 8.62. The van der Waals surface area contributed by atoms with Gasteiger partial charge in [0.25, 0.3) is 0 Å². The molecule has 1 N–H and O–H groups in total. The fraction of sp³-hybridized carbons (Fsp3) is 0. The van der Waals surface area contributed by atoms with Gasteiger partial charge in [0.15, 0.2) is 11.6 Å². The molecule has 0 spiro atoms. The van der Waals surface area contributed by atoms with Crippen LogP contribution in [0.5, 0.6) is 0 Å². The molecule has 1 aromatic carbocycles. The van der Waals surface area contributed by atoms with Crippen LogP contribution >= 0.6 is 0 Å². The minimum Gasteiger partial charge on any atom is -0.478 e. The number of nitrogens with zero attached hydrogens (tertiary/aromatic N) is 1. The summed E-state index contributed by atoms with van der Waals surface area (Å²) in [7, 11) is 0. The van der Waals surface area contributed by atoms with Crippen molar-refractivity contribution in [3.63, 3.8) is 0 Å². The topological polar surface area (TPSA) is 42.2 Å². The van der Waals surface area contributed by atoms with Gasteiger partial charge in [-0.05, 0) is 24.3 Å². The number of hydrogen-bond acceptors (Lipinski definition) is 1. The molecule has 2 rings (SSSR count). The number of carboxylic acid groups (broad SMARTS) is 1. The number of rotatable bonds is 2. The fourth-order valence-electron chi connectivity index (χ4n) is 1.42. The first-order valence-corrected chi connectivity index (χ1v) is 4.45. The van der Waals surface area contributed by atoms with Crippen molar-refractivity contribution in [1.29, 1.82) is 0 Å². The number of carbonyl (C=O) groups is 1. The van der Waals surface area contributed by atoms with E-state index in [1.54, 1.807) is 12.1 Å². The lowest BCUT2D eigenvalue weighted by Crippen LogP contribution is -2.04. The van der Waals surface area contributed by atoms with Crippen molar-refractivity contribution in [2.75, 3.05) is 0 Å². The van der Waals surface area contributed by atoms with E-state index >= 15 is 0 Å². The van der Waals surface area contributed by atoms with Gasteiger partial charge in [-0.3, -0.25) is 0 Å². The first-order chi connectivity index (χ1) is 7.59. The summed E-state index contributed by atoms with van der Waals surface area (Å²) in [5.41, 5.74) is -0.694. The molecule has 0 aliphatic heterocycles. The molecule has 0 amide bonds. The van der Waals surface area contributed by atoms with E-state index in [-0.39, 0.29) is 5.69 Å². The highest BCUT2D eigenvalue weighted by Crippen LogP contribution is 2.19. The van der Waals surface area contributed by atoms with Gasteiger partial charge < -0.3 is 9.67 Å². The fourth-order valence-corrected chi connectivity index (χ4v) is 1.42. The lowest BCUT2D eigenvalue weighted by molar-refractivity contribution is 0.0695. The molecule has 1 heterocycles. The first-order valence-electron chi connectivity index (χ1n) is 4.45. The van der Waals surface area contributed by atoms with E-state index in [4.69, 9.17) is 5.11 Å². The molecule has 0 aliphatic carbocycles. The third-order valence-electron chi connectivity index (χ3n) is 2.13. The van der Waals surface area contributed by atoms with E-state index in [0.717, 1.165) is 12.1 Å². The summed E-state index contributed by atoms with van der Waals surface area (Å²) >= 11 is 0. The van der Waals surface area contributed by atoms with Crippen molar-refractivity contribution in [3.05, 3.63) is 53.9 Å². The van der Waals surface area contributed by atoms with Crippen molar-refractivity contribution in [2.24, 2.45) is 0 Å². The maximum atomic E-state index is 13.5.